The molecular formula is C17H22N2O2. The van der Waals surface area contributed by atoms with Crippen molar-refractivity contribution >= 4 is 5.91 Å². The molecule has 1 aromatic heterocycles. The fourth-order valence-corrected chi connectivity index (χ4v) is 2.90. The van der Waals surface area contributed by atoms with E-state index in [4.69, 9.17) is 5.11 Å². The van der Waals surface area contributed by atoms with E-state index < -0.39 is 0 Å². The number of amides is 1. The lowest BCUT2D eigenvalue weighted by atomic mass is 9.82. The zero-order valence-electron chi connectivity index (χ0n) is 12.7. The quantitative estimate of drug-likeness (QED) is 0.866. The molecule has 0 aromatic carbocycles. The summed E-state index contributed by atoms with van der Waals surface area (Å²) in [5.41, 5.74) is 1.23. The van der Waals surface area contributed by atoms with Crippen LogP contribution in [-0.4, -0.2) is 40.6 Å². The van der Waals surface area contributed by atoms with Crippen LogP contribution in [0.25, 0.3) is 0 Å². The minimum absolute atomic E-state index is 0.0541. The maximum atomic E-state index is 12.7. The van der Waals surface area contributed by atoms with Crippen LogP contribution in [0.15, 0.2) is 18.3 Å². The highest BCUT2D eigenvalue weighted by atomic mass is 16.2. The molecule has 2 rings (SSSR count). The van der Waals surface area contributed by atoms with Gasteiger partial charge >= 0.3 is 0 Å². The van der Waals surface area contributed by atoms with Gasteiger partial charge in [-0.15, -0.1) is 0 Å². The van der Waals surface area contributed by atoms with Gasteiger partial charge in [-0.1, -0.05) is 25.7 Å². The van der Waals surface area contributed by atoms with Gasteiger partial charge in [-0.3, -0.25) is 4.79 Å². The first-order valence-electron chi connectivity index (χ1n) is 7.50. The lowest BCUT2D eigenvalue weighted by molar-refractivity contribution is 0.0763. The third-order valence-corrected chi connectivity index (χ3v) is 4.54. The number of hydrogen-bond donors (Lipinski definition) is 1. The summed E-state index contributed by atoms with van der Waals surface area (Å²) < 4.78 is 0. The van der Waals surface area contributed by atoms with Gasteiger partial charge in [-0.05, 0) is 36.8 Å². The van der Waals surface area contributed by atoms with Gasteiger partial charge in [0, 0.05) is 19.3 Å². The second-order valence-electron chi connectivity index (χ2n) is 5.54. The van der Waals surface area contributed by atoms with Crippen LogP contribution in [0.3, 0.4) is 0 Å². The van der Waals surface area contributed by atoms with Gasteiger partial charge < -0.3 is 10.0 Å². The predicted molar refractivity (Wildman–Crippen MR) is 81.7 cm³/mol. The van der Waals surface area contributed by atoms with E-state index in [2.05, 4.69) is 30.7 Å². The average Bonchev–Trinajstić information content (AvgIpc) is 2.98. The van der Waals surface area contributed by atoms with E-state index in [1.807, 2.05) is 4.90 Å². The first kappa shape index (κ1) is 15.5. The van der Waals surface area contributed by atoms with E-state index in [1.165, 1.54) is 0 Å². The summed E-state index contributed by atoms with van der Waals surface area (Å²) in [5, 5.41) is 8.81. The standard InChI is InChI=1S/C17H22N2O2/c1-3-17(4-2)9-11-19(13-17)16(21)15-14(8-6-12-20)7-5-10-18-15/h5,7,10,20H,3-4,9,11-13H2,1-2H3. The van der Waals surface area contributed by atoms with Gasteiger partial charge in [0.15, 0.2) is 0 Å². The second kappa shape index (κ2) is 6.73. The molecule has 4 heteroatoms. The molecule has 1 amide bonds. The third kappa shape index (κ3) is 3.25. The zero-order chi connectivity index (χ0) is 15.3. The molecule has 0 aliphatic carbocycles. The summed E-state index contributed by atoms with van der Waals surface area (Å²) in [6, 6.07) is 3.52. The van der Waals surface area contributed by atoms with Crippen molar-refractivity contribution in [3.63, 3.8) is 0 Å². The van der Waals surface area contributed by atoms with Crippen molar-refractivity contribution < 1.29 is 9.90 Å². The van der Waals surface area contributed by atoms with Gasteiger partial charge in [0.2, 0.25) is 0 Å². The number of nitrogens with zero attached hydrogens (tertiary/aromatic N) is 2. The van der Waals surface area contributed by atoms with Crippen LogP contribution in [0, 0.1) is 17.3 Å². The third-order valence-electron chi connectivity index (χ3n) is 4.54. The number of pyridine rings is 1. The molecule has 1 fully saturated rings. The second-order valence-corrected chi connectivity index (χ2v) is 5.54. The number of aliphatic hydroxyl groups excluding tert-OH is 1. The Bertz CT molecular complexity index is 568. The van der Waals surface area contributed by atoms with Crippen molar-refractivity contribution in [2.24, 2.45) is 5.41 Å². The molecule has 0 saturated carbocycles. The van der Waals surface area contributed by atoms with Gasteiger partial charge in [0.05, 0.1) is 5.56 Å². The Hall–Kier alpha value is -1.86. The number of carbonyl (C=O) groups excluding carboxylic acids is 1. The number of carbonyl (C=O) groups is 1. The van der Waals surface area contributed by atoms with Crippen LogP contribution >= 0.6 is 0 Å². The molecule has 1 aromatic rings. The molecule has 0 spiro atoms. The van der Waals surface area contributed by atoms with Crippen molar-refractivity contribution in [2.75, 3.05) is 19.7 Å². The molecule has 1 saturated heterocycles. The first-order chi connectivity index (χ1) is 10.2. The monoisotopic (exact) mass is 286 g/mol. The Kier molecular flexibility index (Phi) is 4.98. The van der Waals surface area contributed by atoms with Crippen LogP contribution in [0.4, 0.5) is 0 Å². The predicted octanol–water partition coefficient (Wildman–Crippen LogP) is 2.08. The summed E-state index contributed by atoms with van der Waals surface area (Å²) in [4.78, 5) is 18.8. The molecule has 0 radical (unpaired) electrons. The molecular weight excluding hydrogens is 264 g/mol. The van der Waals surface area contributed by atoms with Crippen LogP contribution in [0.1, 0.15) is 49.2 Å². The number of aromatic nitrogens is 1. The minimum Gasteiger partial charge on any atom is -0.384 e. The summed E-state index contributed by atoms with van der Waals surface area (Å²) >= 11 is 0. The Morgan fingerprint density at radius 3 is 2.86 bits per heavy atom. The Balaban J connectivity index is 2.22. The zero-order valence-corrected chi connectivity index (χ0v) is 12.7. The van der Waals surface area contributed by atoms with Crippen molar-refractivity contribution in [2.45, 2.75) is 33.1 Å². The van der Waals surface area contributed by atoms with Gasteiger partial charge in [-0.25, -0.2) is 4.98 Å². The SMILES string of the molecule is CCC1(CC)CCN(C(=O)c2ncccc2C#CCO)C1. The molecule has 0 atom stereocenters. The van der Waals surface area contributed by atoms with Crippen molar-refractivity contribution in [1.29, 1.82) is 0 Å². The maximum Gasteiger partial charge on any atom is 0.273 e. The van der Waals surface area contributed by atoms with Gasteiger partial charge in [-0.2, -0.15) is 0 Å². The van der Waals surface area contributed by atoms with E-state index in [9.17, 15) is 4.79 Å². The molecule has 4 nitrogen and oxygen atoms in total. The maximum absolute atomic E-state index is 12.7. The smallest absolute Gasteiger partial charge is 0.273 e. The van der Waals surface area contributed by atoms with E-state index in [0.29, 0.717) is 11.3 Å². The van der Waals surface area contributed by atoms with Gasteiger partial charge in [0.25, 0.3) is 5.91 Å². The number of hydrogen-bond acceptors (Lipinski definition) is 3. The molecule has 2 heterocycles. The fraction of sp³-hybridized carbons (Fsp3) is 0.529. The summed E-state index contributed by atoms with van der Waals surface area (Å²) in [6.45, 7) is 5.74. The first-order valence-corrected chi connectivity index (χ1v) is 7.50. The number of aliphatic hydroxyl groups is 1. The van der Waals surface area contributed by atoms with Crippen molar-refractivity contribution in [1.82, 2.24) is 9.88 Å². The lowest BCUT2D eigenvalue weighted by Gasteiger charge is -2.26. The molecule has 0 bridgehead atoms. The highest BCUT2D eigenvalue weighted by Gasteiger charge is 2.37. The lowest BCUT2D eigenvalue weighted by Crippen LogP contribution is -2.32. The van der Waals surface area contributed by atoms with E-state index >= 15 is 0 Å². The van der Waals surface area contributed by atoms with Crippen molar-refractivity contribution in [3.05, 3.63) is 29.6 Å². The van der Waals surface area contributed by atoms with Crippen LogP contribution in [0.2, 0.25) is 0 Å². The molecule has 112 valence electrons. The van der Waals surface area contributed by atoms with E-state index in [1.54, 1.807) is 18.3 Å². The van der Waals surface area contributed by atoms with Crippen molar-refractivity contribution in [3.8, 4) is 11.8 Å². The van der Waals surface area contributed by atoms with Crippen LogP contribution < -0.4 is 0 Å². The Labute approximate surface area is 126 Å². The normalized spacial score (nSPS) is 16.4. The van der Waals surface area contributed by atoms with E-state index in [0.717, 1.165) is 32.4 Å². The highest BCUT2D eigenvalue weighted by molar-refractivity contribution is 5.95. The summed E-state index contributed by atoms with van der Waals surface area (Å²) in [5.74, 6) is 5.34. The Morgan fingerprint density at radius 1 is 1.48 bits per heavy atom. The van der Waals surface area contributed by atoms with Crippen LogP contribution in [0.5, 0.6) is 0 Å². The Morgan fingerprint density at radius 2 is 2.24 bits per heavy atom. The average molecular weight is 286 g/mol. The number of likely N-dealkylation sites (tertiary alicyclic amines) is 1. The molecule has 21 heavy (non-hydrogen) atoms. The molecule has 1 aliphatic heterocycles. The van der Waals surface area contributed by atoms with Crippen LogP contribution in [-0.2, 0) is 0 Å². The largest absolute Gasteiger partial charge is 0.384 e. The summed E-state index contributed by atoms with van der Waals surface area (Å²) in [6.07, 6.45) is 4.84. The molecule has 0 unspecified atom stereocenters. The fourth-order valence-electron chi connectivity index (χ4n) is 2.90. The highest BCUT2D eigenvalue weighted by Crippen LogP contribution is 2.37. The van der Waals surface area contributed by atoms with Gasteiger partial charge in [0.1, 0.15) is 12.3 Å². The molecule has 1 aliphatic rings. The minimum atomic E-state index is -0.221. The topological polar surface area (TPSA) is 53.4 Å². The molecule has 1 N–H and O–H groups in total. The number of rotatable bonds is 3. The summed E-state index contributed by atoms with van der Waals surface area (Å²) in [7, 11) is 0. The van der Waals surface area contributed by atoms with E-state index in [-0.39, 0.29) is 17.9 Å².